The van der Waals surface area contributed by atoms with Crippen molar-refractivity contribution in [1.29, 1.82) is 0 Å². The van der Waals surface area contributed by atoms with Gasteiger partial charge in [0.1, 0.15) is 11.4 Å². The van der Waals surface area contributed by atoms with E-state index in [9.17, 15) is 9.59 Å². The van der Waals surface area contributed by atoms with Gasteiger partial charge in [0.05, 0.1) is 0 Å². The van der Waals surface area contributed by atoms with Gasteiger partial charge in [0.15, 0.2) is 11.6 Å². The summed E-state index contributed by atoms with van der Waals surface area (Å²) in [5, 5.41) is 2.19. The van der Waals surface area contributed by atoms with E-state index in [1.54, 1.807) is 18.2 Å². The number of pyridine rings is 1. The first-order valence-electron chi connectivity index (χ1n) is 14.4. The molecule has 0 atom stereocenters. The molecule has 0 bridgehead atoms. The van der Waals surface area contributed by atoms with Gasteiger partial charge in [0.2, 0.25) is 0 Å². The number of carbonyl (C=O) groups excluding carboxylic acids is 2. The Kier molecular flexibility index (Phi) is 16.4. The molecule has 0 radical (unpaired) electrons. The second kappa shape index (κ2) is 19.0. The van der Waals surface area contributed by atoms with E-state index in [1.165, 1.54) is 13.8 Å². The van der Waals surface area contributed by atoms with E-state index in [-0.39, 0.29) is 50.9 Å². The predicted octanol–water partition coefficient (Wildman–Crippen LogP) is 6.78. The predicted molar refractivity (Wildman–Crippen MR) is 191 cm³/mol. The zero-order valence-corrected chi connectivity index (χ0v) is 32.9. The molecule has 0 amide bonds. The molecule has 1 aromatic heterocycles. The SMILES string of the molecule is CC(=O)c1cccc(C(C)=O)n1.Cc1cc(C)c(-c2ccccc2[N]=[Fe+2]=[N]c2ccccc2-c2c(C)cc(C)c(Cl)c2Cl)c(Cl)c1Cl.[Cl-].[Cl-]. The molecule has 1 heterocycles. The van der Waals surface area contributed by atoms with Crippen LogP contribution in [0.1, 0.15) is 57.1 Å². The number of hydrogen-bond donors (Lipinski definition) is 0. The van der Waals surface area contributed by atoms with Gasteiger partial charge >= 0.3 is 233 Å². The number of Topliss-reactive ketones (excluding diaryl/α,β-unsaturated/α-hetero) is 2. The number of rotatable bonds is 6. The van der Waals surface area contributed by atoms with Crippen LogP contribution in [0.25, 0.3) is 22.3 Å². The molecule has 0 aliphatic rings. The van der Waals surface area contributed by atoms with E-state index >= 15 is 0 Å². The normalized spacial score (nSPS) is 10.1. The maximum Gasteiger partial charge on any atom is -1.00 e. The van der Waals surface area contributed by atoms with Crippen LogP contribution >= 0.6 is 46.4 Å². The summed E-state index contributed by atoms with van der Waals surface area (Å²) < 4.78 is 9.59. The second-order valence-electron chi connectivity index (χ2n) is 10.8. The van der Waals surface area contributed by atoms with Crippen LogP contribution in [-0.2, 0) is 14.6 Å². The standard InChI is InChI=1S/2C14H11Cl2N.C9H9NO2.2ClH.Fe/c2*1-8-7-9(2)13(15)14(16)12(8)10-5-3-4-6-11(10)17;1-6(11)8-4-3-5-9(10-8)7(2)12;;;/h2*3-7H,1-2H3;3-5H,1-2H3;2*1H;/q;;;;;+2/p-2. The van der Waals surface area contributed by atoms with E-state index in [0.717, 1.165) is 55.9 Å². The monoisotopic (exact) mass is 815 g/mol. The van der Waals surface area contributed by atoms with Crippen molar-refractivity contribution in [2.24, 2.45) is 7.92 Å². The molecule has 5 nitrogen and oxygen atoms in total. The Balaban J connectivity index is 0.000000506. The molecule has 0 spiro atoms. The summed E-state index contributed by atoms with van der Waals surface area (Å²) in [6, 6.07) is 24.7. The van der Waals surface area contributed by atoms with Crippen molar-refractivity contribution >= 4 is 69.3 Å². The van der Waals surface area contributed by atoms with Crippen LogP contribution in [0.5, 0.6) is 0 Å². The Labute approximate surface area is 325 Å². The van der Waals surface area contributed by atoms with Crippen LogP contribution in [0.2, 0.25) is 20.1 Å². The Hall–Kier alpha value is -2.77. The van der Waals surface area contributed by atoms with Crippen LogP contribution in [0.3, 0.4) is 0 Å². The molecule has 0 saturated carbocycles. The number of halogens is 6. The van der Waals surface area contributed by atoms with Gasteiger partial charge < -0.3 is 24.8 Å². The summed E-state index contributed by atoms with van der Waals surface area (Å²) in [4.78, 5) is 25.6. The van der Waals surface area contributed by atoms with Gasteiger partial charge in [-0.05, 0) is 12.1 Å². The quantitative estimate of drug-likeness (QED) is 0.140. The minimum Gasteiger partial charge on any atom is -1.00 e. The Morgan fingerprint density at radius 3 is 1.29 bits per heavy atom. The van der Waals surface area contributed by atoms with Crippen LogP contribution < -0.4 is 24.8 Å². The van der Waals surface area contributed by atoms with E-state index in [4.69, 9.17) is 54.3 Å². The zero-order chi connectivity index (χ0) is 34.4. The summed E-state index contributed by atoms with van der Waals surface area (Å²) in [7, 11) is 0. The number of ketones is 2. The van der Waals surface area contributed by atoms with Crippen LogP contribution in [0, 0.1) is 27.7 Å². The van der Waals surface area contributed by atoms with Gasteiger partial charge in [-0.15, -0.1) is 0 Å². The van der Waals surface area contributed by atoms with Crippen molar-refractivity contribution in [3.05, 3.63) is 133 Å². The first-order valence-corrected chi connectivity index (χ1v) is 16.9. The van der Waals surface area contributed by atoms with Crippen molar-refractivity contribution in [3.8, 4) is 22.3 Å². The number of benzene rings is 4. The van der Waals surface area contributed by atoms with Crippen LogP contribution in [0.4, 0.5) is 11.4 Å². The molecular weight excluding hydrogens is 787 g/mol. The van der Waals surface area contributed by atoms with Crippen molar-refractivity contribution in [3.63, 3.8) is 0 Å². The molecule has 12 heteroatoms. The average molecular weight is 818 g/mol. The maximum absolute atomic E-state index is 10.8. The molecule has 0 aliphatic carbocycles. The van der Waals surface area contributed by atoms with E-state index < -0.39 is 0 Å². The maximum atomic E-state index is 10.8. The number of carbonyl (C=O) groups is 2. The molecule has 0 aliphatic heterocycles. The van der Waals surface area contributed by atoms with E-state index in [0.29, 0.717) is 31.5 Å². The van der Waals surface area contributed by atoms with Crippen molar-refractivity contribution in [1.82, 2.24) is 4.98 Å². The zero-order valence-electron chi connectivity index (χ0n) is 27.3. The van der Waals surface area contributed by atoms with Gasteiger partial charge in [-0.2, -0.15) is 0 Å². The Morgan fingerprint density at radius 2 is 0.918 bits per heavy atom. The summed E-state index contributed by atoms with van der Waals surface area (Å²) in [6.07, 6.45) is 0. The van der Waals surface area contributed by atoms with Gasteiger partial charge in [0, 0.05) is 13.8 Å². The molecule has 0 fully saturated rings. The fraction of sp³-hybridized carbons (Fsp3) is 0.162. The number of aromatic nitrogens is 1. The summed E-state index contributed by atoms with van der Waals surface area (Å²) in [6.45, 7) is 10.8. The Bertz CT molecular complexity index is 1960. The van der Waals surface area contributed by atoms with Gasteiger partial charge in [-0.25, -0.2) is 4.98 Å². The molecule has 5 aromatic rings. The first kappa shape index (κ1) is 42.4. The molecule has 5 rings (SSSR count). The second-order valence-corrected chi connectivity index (χ2v) is 13.0. The van der Waals surface area contributed by atoms with Crippen molar-refractivity contribution in [2.75, 3.05) is 0 Å². The first-order chi connectivity index (χ1) is 22.3. The van der Waals surface area contributed by atoms with Gasteiger partial charge in [-0.3, -0.25) is 9.59 Å². The fourth-order valence-electron chi connectivity index (χ4n) is 4.92. The summed E-state index contributed by atoms with van der Waals surface area (Å²) in [5.41, 5.74) is 9.87. The Morgan fingerprint density at radius 1 is 0.551 bits per heavy atom. The average Bonchev–Trinajstić information content (AvgIpc) is 3.04. The van der Waals surface area contributed by atoms with E-state index in [2.05, 4.69) is 4.98 Å². The topological polar surface area (TPSA) is 71.8 Å². The third-order valence-corrected chi connectivity index (χ3v) is 9.91. The molecular formula is C37H31Cl6FeN3O2. The minimum atomic E-state index is -0.127. The molecule has 0 saturated heterocycles. The molecule has 4 aromatic carbocycles. The summed E-state index contributed by atoms with van der Waals surface area (Å²) >= 11 is 26.5. The summed E-state index contributed by atoms with van der Waals surface area (Å²) in [5.74, 6) is -0.254. The third-order valence-electron chi connectivity index (χ3n) is 7.23. The van der Waals surface area contributed by atoms with Crippen molar-refractivity contribution < 1.29 is 49.0 Å². The number of aryl methyl sites for hydroxylation is 4. The molecule has 0 N–H and O–H groups in total. The van der Waals surface area contributed by atoms with Gasteiger partial charge in [0.25, 0.3) is 0 Å². The minimum absolute atomic E-state index is 0. The third kappa shape index (κ3) is 10.2. The smallest absolute Gasteiger partial charge is 1.00 e. The fourth-order valence-corrected chi connectivity index (χ4v) is 6.74. The van der Waals surface area contributed by atoms with Crippen molar-refractivity contribution in [2.45, 2.75) is 41.5 Å². The van der Waals surface area contributed by atoms with Gasteiger partial charge in [-0.1, -0.05) is 6.07 Å². The van der Waals surface area contributed by atoms with E-state index in [1.807, 2.05) is 88.4 Å². The largest absolute Gasteiger partial charge is 1.00 e. The number of nitrogens with zero attached hydrogens (tertiary/aromatic N) is 3. The molecule has 0 unspecified atom stereocenters. The molecule has 49 heavy (non-hydrogen) atoms. The van der Waals surface area contributed by atoms with Crippen LogP contribution in [0.15, 0.2) is 86.8 Å². The number of hydrogen-bond acceptors (Lipinski definition) is 5. The van der Waals surface area contributed by atoms with Crippen LogP contribution in [-0.4, -0.2) is 16.6 Å². The molecule has 256 valence electrons.